The van der Waals surface area contributed by atoms with Gasteiger partial charge in [0.05, 0.1) is 5.92 Å². The zero-order valence-corrected chi connectivity index (χ0v) is 7.49. The van der Waals surface area contributed by atoms with Crippen molar-refractivity contribution in [3.63, 3.8) is 0 Å². The lowest BCUT2D eigenvalue weighted by Gasteiger charge is -2.22. The van der Waals surface area contributed by atoms with E-state index >= 15 is 0 Å². The van der Waals surface area contributed by atoms with Crippen LogP contribution in [0, 0.1) is 5.92 Å². The first-order valence-electron chi connectivity index (χ1n) is 4.26. The molecule has 0 saturated carbocycles. The third-order valence-corrected chi connectivity index (χ3v) is 2.05. The second-order valence-corrected chi connectivity index (χ2v) is 3.24. The first-order valence-corrected chi connectivity index (χ1v) is 4.26. The third kappa shape index (κ3) is 2.89. The molecule has 13 heavy (non-hydrogen) atoms. The fraction of sp³-hybridized carbons (Fsp3) is 0.556. The number of carboxylic acid groups (broad SMARTS) is 1. The standard InChI is InChI=1S/C9H13NO3/c1-6(11)10-8-4-2-3-7(5-8)9(12)13/h2-3,7-8H,4-5H2,1H3,(H,10,11)(H,12,13)/t7-,8+/m1/s1. The van der Waals surface area contributed by atoms with Gasteiger partial charge in [0.25, 0.3) is 0 Å². The van der Waals surface area contributed by atoms with Crippen LogP contribution in [0.2, 0.25) is 0 Å². The molecule has 0 heterocycles. The Kier molecular flexibility index (Phi) is 3.06. The van der Waals surface area contributed by atoms with Crippen molar-refractivity contribution in [1.82, 2.24) is 5.32 Å². The van der Waals surface area contributed by atoms with Gasteiger partial charge in [-0.1, -0.05) is 12.2 Å². The minimum absolute atomic E-state index is 0.0244. The summed E-state index contributed by atoms with van der Waals surface area (Å²) in [5.41, 5.74) is 0. The minimum Gasteiger partial charge on any atom is -0.481 e. The molecule has 0 fully saturated rings. The van der Waals surface area contributed by atoms with Crippen LogP contribution in [0.3, 0.4) is 0 Å². The zero-order chi connectivity index (χ0) is 9.84. The number of carbonyl (C=O) groups excluding carboxylic acids is 1. The number of carbonyl (C=O) groups is 2. The van der Waals surface area contributed by atoms with E-state index in [0.29, 0.717) is 6.42 Å². The highest BCUT2D eigenvalue weighted by atomic mass is 16.4. The number of hydrogen-bond donors (Lipinski definition) is 2. The Balaban J connectivity index is 2.50. The van der Waals surface area contributed by atoms with Gasteiger partial charge in [-0.25, -0.2) is 0 Å². The van der Waals surface area contributed by atoms with Gasteiger partial charge < -0.3 is 10.4 Å². The Bertz CT molecular complexity index is 247. The Labute approximate surface area is 76.6 Å². The SMILES string of the molecule is CC(=O)N[C@H]1CC=C[C@@H](C(=O)O)C1. The van der Waals surface area contributed by atoms with E-state index in [2.05, 4.69) is 5.32 Å². The van der Waals surface area contributed by atoms with E-state index in [4.69, 9.17) is 5.11 Å². The van der Waals surface area contributed by atoms with Gasteiger partial charge in [0, 0.05) is 13.0 Å². The Morgan fingerprint density at radius 2 is 2.23 bits per heavy atom. The molecule has 1 rings (SSSR count). The van der Waals surface area contributed by atoms with Gasteiger partial charge in [0.2, 0.25) is 5.91 Å². The molecule has 0 bridgehead atoms. The molecule has 0 spiro atoms. The van der Waals surface area contributed by atoms with Crippen LogP contribution in [0.4, 0.5) is 0 Å². The summed E-state index contributed by atoms with van der Waals surface area (Å²) in [4.78, 5) is 21.3. The lowest BCUT2D eigenvalue weighted by Crippen LogP contribution is -2.37. The van der Waals surface area contributed by atoms with Gasteiger partial charge in [0.1, 0.15) is 0 Å². The third-order valence-electron chi connectivity index (χ3n) is 2.05. The van der Waals surface area contributed by atoms with E-state index in [1.165, 1.54) is 6.92 Å². The van der Waals surface area contributed by atoms with Crippen LogP contribution in [0.5, 0.6) is 0 Å². The molecule has 0 aliphatic heterocycles. The summed E-state index contributed by atoms with van der Waals surface area (Å²) in [7, 11) is 0. The predicted molar refractivity (Wildman–Crippen MR) is 47.1 cm³/mol. The molecule has 72 valence electrons. The molecule has 0 radical (unpaired) electrons. The van der Waals surface area contributed by atoms with Crippen LogP contribution >= 0.6 is 0 Å². The second kappa shape index (κ2) is 4.07. The van der Waals surface area contributed by atoms with Gasteiger partial charge in [0.15, 0.2) is 0 Å². The summed E-state index contributed by atoms with van der Waals surface area (Å²) in [6.45, 7) is 1.44. The van der Waals surface area contributed by atoms with Gasteiger partial charge in [-0.05, 0) is 12.8 Å². The lowest BCUT2D eigenvalue weighted by atomic mass is 9.92. The first kappa shape index (κ1) is 9.77. The van der Waals surface area contributed by atoms with Gasteiger partial charge in [-0.3, -0.25) is 9.59 Å². The van der Waals surface area contributed by atoms with Crippen LogP contribution in [-0.4, -0.2) is 23.0 Å². The van der Waals surface area contributed by atoms with Crippen LogP contribution in [0.1, 0.15) is 19.8 Å². The van der Waals surface area contributed by atoms with E-state index in [1.54, 1.807) is 6.08 Å². The van der Waals surface area contributed by atoms with Crippen molar-refractivity contribution in [2.45, 2.75) is 25.8 Å². The molecule has 0 aromatic heterocycles. The van der Waals surface area contributed by atoms with Crippen LogP contribution in [-0.2, 0) is 9.59 Å². The molecule has 1 aliphatic rings. The molecule has 2 N–H and O–H groups in total. The summed E-state index contributed by atoms with van der Waals surface area (Å²) in [6.07, 6.45) is 4.71. The van der Waals surface area contributed by atoms with Crippen molar-refractivity contribution in [2.75, 3.05) is 0 Å². The van der Waals surface area contributed by atoms with E-state index < -0.39 is 11.9 Å². The minimum atomic E-state index is -0.827. The van der Waals surface area contributed by atoms with Gasteiger partial charge in [-0.15, -0.1) is 0 Å². The van der Waals surface area contributed by atoms with Crippen molar-refractivity contribution in [2.24, 2.45) is 5.92 Å². The van der Waals surface area contributed by atoms with Crippen LogP contribution in [0.25, 0.3) is 0 Å². The average molecular weight is 183 g/mol. The van der Waals surface area contributed by atoms with E-state index in [0.717, 1.165) is 6.42 Å². The maximum Gasteiger partial charge on any atom is 0.310 e. The number of rotatable bonds is 2. The van der Waals surface area contributed by atoms with E-state index in [-0.39, 0.29) is 11.9 Å². The highest BCUT2D eigenvalue weighted by molar-refractivity contribution is 5.74. The van der Waals surface area contributed by atoms with Gasteiger partial charge in [-0.2, -0.15) is 0 Å². The summed E-state index contributed by atoms with van der Waals surface area (Å²) < 4.78 is 0. The average Bonchev–Trinajstić information content (AvgIpc) is 2.03. The van der Waals surface area contributed by atoms with Crippen molar-refractivity contribution in [1.29, 1.82) is 0 Å². The summed E-state index contributed by atoms with van der Waals surface area (Å²) in [5.74, 6) is -1.39. The maximum atomic E-state index is 10.7. The molecule has 4 heteroatoms. The fourth-order valence-corrected chi connectivity index (χ4v) is 1.48. The van der Waals surface area contributed by atoms with Gasteiger partial charge >= 0.3 is 5.97 Å². The highest BCUT2D eigenvalue weighted by Crippen LogP contribution is 2.17. The summed E-state index contributed by atoms with van der Waals surface area (Å²) >= 11 is 0. The summed E-state index contributed by atoms with van der Waals surface area (Å²) in [6, 6.07) is -0.0244. The Morgan fingerprint density at radius 3 is 2.77 bits per heavy atom. The molecule has 0 aromatic rings. The topological polar surface area (TPSA) is 66.4 Å². The predicted octanol–water partition coefficient (Wildman–Crippen LogP) is 0.542. The maximum absolute atomic E-state index is 10.7. The van der Waals surface area contributed by atoms with E-state index in [9.17, 15) is 9.59 Å². The normalized spacial score (nSPS) is 26.8. The molecule has 0 saturated heterocycles. The number of hydrogen-bond acceptors (Lipinski definition) is 2. The number of aliphatic carboxylic acids is 1. The molecule has 0 unspecified atom stereocenters. The smallest absolute Gasteiger partial charge is 0.310 e. The van der Waals surface area contributed by atoms with Crippen molar-refractivity contribution in [3.8, 4) is 0 Å². The number of amides is 1. The largest absolute Gasteiger partial charge is 0.481 e. The number of carboxylic acids is 1. The Hall–Kier alpha value is -1.32. The first-order chi connectivity index (χ1) is 6.09. The number of nitrogens with one attached hydrogen (secondary N) is 1. The molecule has 1 amide bonds. The highest BCUT2D eigenvalue weighted by Gasteiger charge is 2.23. The molecule has 4 nitrogen and oxygen atoms in total. The van der Waals surface area contributed by atoms with Crippen LogP contribution < -0.4 is 5.32 Å². The van der Waals surface area contributed by atoms with Crippen molar-refractivity contribution < 1.29 is 14.7 Å². The molecule has 2 atom stereocenters. The molecule has 1 aliphatic carbocycles. The zero-order valence-electron chi connectivity index (χ0n) is 7.49. The fourth-order valence-electron chi connectivity index (χ4n) is 1.48. The quantitative estimate of drug-likeness (QED) is 0.614. The lowest BCUT2D eigenvalue weighted by molar-refractivity contribution is -0.140. The molecule has 0 aromatic carbocycles. The monoisotopic (exact) mass is 183 g/mol. The molecular weight excluding hydrogens is 170 g/mol. The molecular formula is C9H13NO3. The summed E-state index contributed by atoms with van der Waals surface area (Å²) in [5, 5.41) is 11.4. The van der Waals surface area contributed by atoms with E-state index in [1.807, 2.05) is 6.08 Å². The van der Waals surface area contributed by atoms with Crippen molar-refractivity contribution in [3.05, 3.63) is 12.2 Å². The van der Waals surface area contributed by atoms with Crippen molar-refractivity contribution >= 4 is 11.9 Å². The Morgan fingerprint density at radius 1 is 1.54 bits per heavy atom. The second-order valence-electron chi connectivity index (χ2n) is 3.24. The van der Waals surface area contributed by atoms with Crippen LogP contribution in [0.15, 0.2) is 12.2 Å².